The Hall–Kier alpha value is -1.71. The van der Waals surface area contributed by atoms with Crippen LogP contribution in [0.2, 0.25) is 0 Å². The minimum Gasteiger partial charge on any atom is -0.492 e. The maximum absolute atomic E-state index is 11.2. The molecule has 0 unspecified atom stereocenters. The van der Waals surface area contributed by atoms with Gasteiger partial charge in [0.15, 0.2) is 0 Å². The van der Waals surface area contributed by atoms with Gasteiger partial charge in [0.2, 0.25) is 0 Å². The van der Waals surface area contributed by atoms with Gasteiger partial charge in [0.25, 0.3) is 0 Å². The molecule has 4 nitrogen and oxygen atoms in total. The van der Waals surface area contributed by atoms with Crippen LogP contribution in [0.3, 0.4) is 0 Å². The molecule has 0 heterocycles. The van der Waals surface area contributed by atoms with E-state index in [1.54, 1.807) is 0 Å². The minimum atomic E-state index is -0.136. The number of nitrogens with one attached hydrogen (secondary N) is 2. The van der Waals surface area contributed by atoms with Gasteiger partial charge in [-0.3, -0.25) is 0 Å². The summed E-state index contributed by atoms with van der Waals surface area (Å²) in [7, 11) is 0. The Morgan fingerprint density at radius 2 is 2.00 bits per heavy atom. The zero-order valence-corrected chi connectivity index (χ0v) is 11.2. The molecule has 0 aromatic heterocycles. The smallest absolute Gasteiger partial charge is 0.314 e. The molecule has 1 rings (SSSR count). The fourth-order valence-electron chi connectivity index (χ4n) is 1.49. The largest absolute Gasteiger partial charge is 0.492 e. The van der Waals surface area contributed by atoms with Gasteiger partial charge >= 0.3 is 6.03 Å². The summed E-state index contributed by atoms with van der Waals surface area (Å²) >= 11 is 0. The molecule has 1 aromatic rings. The SMILES string of the molecule is CCCNC(=O)NCCOc1cccc(CC)c1. The van der Waals surface area contributed by atoms with E-state index in [1.807, 2.05) is 25.1 Å². The van der Waals surface area contributed by atoms with Crippen LogP contribution in [0.4, 0.5) is 4.79 Å². The van der Waals surface area contributed by atoms with Crippen molar-refractivity contribution in [2.75, 3.05) is 19.7 Å². The molecule has 4 heteroatoms. The minimum absolute atomic E-state index is 0.136. The lowest BCUT2D eigenvalue weighted by Crippen LogP contribution is -2.37. The zero-order valence-electron chi connectivity index (χ0n) is 11.2. The van der Waals surface area contributed by atoms with Crippen LogP contribution in [-0.4, -0.2) is 25.7 Å². The number of carbonyl (C=O) groups excluding carboxylic acids is 1. The number of hydrogen-bond donors (Lipinski definition) is 2. The summed E-state index contributed by atoms with van der Waals surface area (Å²) in [5, 5.41) is 5.48. The van der Waals surface area contributed by atoms with Crippen molar-refractivity contribution in [2.45, 2.75) is 26.7 Å². The van der Waals surface area contributed by atoms with Crippen LogP contribution in [0.25, 0.3) is 0 Å². The van der Waals surface area contributed by atoms with Crippen molar-refractivity contribution in [1.29, 1.82) is 0 Å². The molecular formula is C14H22N2O2. The topological polar surface area (TPSA) is 50.4 Å². The summed E-state index contributed by atoms with van der Waals surface area (Å²) in [5.41, 5.74) is 1.25. The number of ether oxygens (including phenoxy) is 1. The Morgan fingerprint density at radius 3 is 2.72 bits per heavy atom. The van der Waals surface area contributed by atoms with Crippen molar-refractivity contribution in [3.63, 3.8) is 0 Å². The predicted octanol–water partition coefficient (Wildman–Crippen LogP) is 2.34. The molecule has 0 spiro atoms. The van der Waals surface area contributed by atoms with E-state index in [0.29, 0.717) is 19.7 Å². The lowest BCUT2D eigenvalue weighted by atomic mass is 10.2. The van der Waals surface area contributed by atoms with E-state index in [-0.39, 0.29) is 6.03 Å². The fourth-order valence-corrected chi connectivity index (χ4v) is 1.49. The standard InChI is InChI=1S/C14H22N2O2/c1-3-8-15-14(17)16-9-10-18-13-7-5-6-12(4-2)11-13/h5-7,11H,3-4,8-10H2,1-2H3,(H2,15,16,17). The second-order valence-corrected chi connectivity index (χ2v) is 4.03. The lowest BCUT2D eigenvalue weighted by molar-refractivity contribution is 0.236. The third-order valence-corrected chi connectivity index (χ3v) is 2.50. The Balaban J connectivity index is 2.19. The van der Waals surface area contributed by atoms with E-state index in [2.05, 4.69) is 23.6 Å². The van der Waals surface area contributed by atoms with Gasteiger partial charge in [0.1, 0.15) is 12.4 Å². The molecule has 2 N–H and O–H groups in total. The second kappa shape index (κ2) is 8.39. The van der Waals surface area contributed by atoms with Gasteiger partial charge in [-0.2, -0.15) is 0 Å². The highest BCUT2D eigenvalue weighted by molar-refractivity contribution is 5.73. The van der Waals surface area contributed by atoms with E-state index >= 15 is 0 Å². The molecule has 0 aliphatic heterocycles. The molecule has 0 radical (unpaired) electrons. The van der Waals surface area contributed by atoms with Crippen molar-refractivity contribution in [3.8, 4) is 5.75 Å². The molecule has 0 saturated heterocycles. The molecule has 18 heavy (non-hydrogen) atoms. The van der Waals surface area contributed by atoms with Gasteiger partial charge in [-0.05, 0) is 30.5 Å². The van der Waals surface area contributed by atoms with E-state index in [1.165, 1.54) is 5.56 Å². The highest BCUT2D eigenvalue weighted by Crippen LogP contribution is 2.13. The summed E-state index contributed by atoms with van der Waals surface area (Å²) in [6.45, 7) is 5.81. The Morgan fingerprint density at radius 1 is 1.22 bits per heavy atom. The Kier molecular flexibility index (Phi) is 6.69. The van der Waals surface area contributed by atoms with Crippen molar-refractivity contribution in [3.05, 3.63) is 29.8 Å². The Bertz CT molecular complexity index is 367. The Labute approximate surface area is 109 Å². The average Bonchev–Trinajstić information content (AvgIpc) is 2.41. The third-order valence-electron chi connectivity index (χ3n) is 2.50. The third kappa shape index (κ3) is 5.57. The number of rotatable bonds is 7. The van der Waals surface area contributed by atoms with Crippen molar-refractivity contribution < 1.29 is 9.53 Å². The van der Waals surface area contributed by atoms with E-state index in [4.69, 9.17) is 4.74 Å². The van der Waals surface area contributed by atoms with Crippen LogP contribution in [0.15, 0.2) is 24.3 Å². The number of hydrogen-bond acceptors (Lipinski definition) is 2. The van der Waals surface area contributed by atoms with Crippen LogP contribution in [0, 0.1) is 0 Å². The average molecular weight is 250 g/mol. The van der Waals surface area contributed by atoms with Gasteiger partial charge in [-0.15, -0.1) is 0 Å². The summed E-state index contributed by atoms with van der Waals surface area (Å²) in [5.74, 6) is 0.852. The van der Waals surface area contributed by atoms with E-state index in [0.717, 1.165) is 18.6 Å². The molecule has 0 aliphatic rings. The van der Waals surface area contributed by atoms with Crippen molar-refractivity contribution in [2.24, 2.45) is 0 Å². The summed E-state index contributed by atoms with van der Waals surface area (Å²) in [4.78, 5) is 11.2. The van der Waals surface area contributed by atoms with Crippen LogP contribution in [0.1, 0.15) is 25.8 Å². The van der Waals surface area contributed by atoms with E-state index < -0.39 is 0 Å². The fraction of sp³-hybridized carbons (Fsp3) is 0.500. The number of benzene rings is 1. The molecule has 2 amide bonds. The highest BCUT2D eigenvalue weighted by Gasteiger charge is 1.98. The summed E-state index contributed by atoms with van der Waals surface area (Å²) < 4.78 is 5.56. The molecule has 0 fully saturated rings. The first-order chi connectivity index (χ1) is 8.76. The van der Waals surface area contributed by atoms with Gasteiger partial charge < -0.3 is 15.4 Å². The van der Waals surface area contributed by atoms with E-state index in [9.17, 15) is 4.79 Å². The summed E-state index contributed by atoms with van der Waals surface area (Å²) in [6.07, 6.45) is 1.93. The molecular weight excluding hydrogens is 228 g/mol. The van der Waals surface area contributed by atoms with Gasteiger partial charge in [0.05, 0.1) is 6.54 Å². The van der Waals surface area contributed by atoms with Crippen molar-refractivity contribution in [1.82, 2.24) is 10.6 Å². The molecule has 0 saturated carbocycles. The quantitative estimate of drug-likeness (QED) is 0.730. The molecule has 0 bridgehead atoms. The predicted molar refractivity (Wildman–Crippen MR) is 73.0 cm³/mol. The highest BCUT2D eigenvalue weighted by atomic mass is 16.5. The van der Waals surface area contributed by atoms with Crippen LogP contribution in [0.5, 0.6) is 5.75 Å². The molecule has 0 aliphatic carbocycles. The van der Waals surface area contributed by atoms with Crippen molar-refractivity contribution >= 4 is 6.03 Å². The maximum Gasteiger partial charge on any atom is 0.314 e. The number of carbonyl (C=O) groups is 1. The number of urea groups is 1. The lowest BCUT2D eigenvalue weighted by Gasteiger charge is -2.09. The zero-order chi connectivity index (χ0) is 13.2. The monoisotopic (exact) mass is 250 g/mol. The first kappa shape index (κ1) is 14.4. The molecule has 100 valence electrons. The number of amides is 2. The summed E-state index contributed by atoms with van der Waals surface area (Å²) in [6, 6.07) is 7.87. The van der Waals surface area contributed by atoms with Gasteiger partial charge in [-0.25, -0.2) is 4.79 Å². The van der Waals surface area contributed by atoms with Gasteiger partial charge in [-0.1, -0.05) is 26.0 Å². The molecule has 0 atom stereocenters. The molecule has 1 aromatic carbocycles. The van der Waals surface area contributed by atoms with Gasteiger partial charge in [0, 0.05) is 6.54 Å². The first-order valence-corrected chi connectivity index (χ1v) is 6.49. The van der Waals surface area contributed by atoms with Crippen LogP contribution >= 0.6 is 0 Å². The first-order valence-electron chi connectivity index (χ1n) is 6.49. The number of aryl methyl sites for hydroxylation is 1. The maximum atomic E-state index is 11.2. The van der Waals surface area contributed by atoms with Crippen LogP contribution < -0.4 is 15.4 Å². The van der Waals surface area contributed by atoms with Crippen LogP contribution in [-0.2, 0) is 6.42 Å². The second-order valence-electron chi connectivity index (χ2n) is 4.03. The normalized spacial score (nSPS) is 9.89.